The Morgan fingerprint density at radius 2 is 1.73 bits per heavy atom. The van der Waals surface area contributed by atoms with Crippen LogP contribution in [0.25, 0.3) is 5.57 Å². The zero-order valence-electron chi connectivity index (χ0n) is 19.6. The van der Waals surface area contributed by atoms with Crippen molar-refractivity contribution in [1.82, 2.24) is 8.96 Å². The molecule has 3 atom stereocenters. The summed E-state index contributed by atoms with van der Waals surface area (Å²) in [6.45, 7) is 18.9. The van der Waals surface area contributed by atoms with Crippen molar-refractivity contribution in [1.29, 1.82) is 0 Å². The van der Waals surface area contributed by atoms with Crippen LogP contribution in [-0.2, 0) is 6.42 Å². The molecule has 2 aromatic heterocycles. The van der Waals surface area contributed by atoms with Gasteiger partial charge in [-0.05, 0) is 70.7 Å². The second-order valence-corrected chi connectivity index (χ2v) is 12.5. The van der Waals surface area contributed by atoms with Gasteiger partial charge in [0.25, 0.3) is 0 Å². The molecule has 2 aromatic rings. The first-order chi connectivity index (χ1) is 14.3. The third kappa shape index (κ3) is 2.08. The van der Waals surface area contributed by atoms with E-state index in [0.29, 0.717) is 10.5 Å². The summed E-state index contributed by atoms with van der Waals surface area (Å²) in [6, 6.07) is 6.34. The van der Waals surface area contributed by atoms with E-state index >= 15 is 0 Å². The number of allylic oxidation sites excluding steroid dienone is 2. The van der Waals surface area contributed by atoms with E-state index in [9.17, 15) is 0 Å². The first kappa shape index (κ1) is 19.9. The van der Waals surface area contributed by atoms with Gasteiger partial charge in [0.15, 0.2) is 5.71 Å². The lowest BCUT2D eigenvalue weighted by atomic mass is 9.96. The van der Waals surface area contributed by atoms with Gasteiger partial charge in [0, 0.05) is 30.0 Å². The van der Waals surface area contributed by atoms with Crippen LogP contribution in [0.2, 0.25) is 0 Å². The van der Waals surface area contributed by atoms with Crippen molar-refractivity contribution in [2.75, 3.05) is 0 Å². The molecule has 0 aromatic carbocycles. The fraction of sp³-hybridized carbons (Fsp3) is 0.462. The van der Waals surface area contributed by atoms with Gasteiger partial charge in [0.1, 0.15) is 0 Å². The Balaban J connectivity index is 2.00. The molecule has 0 N–H and O–H groups in total. The van der Waals surface area contributed by atoms with Gasteiger partial charge in [-0.3, -0.25) is 8.96 Å². The van der Waals surface area contributed by atoms with E-state index in [1.54, 1.807) is 0 Å². The molecular weight excluding hydrogens is 386 g/mol. The number of aromatic nitrogens is 2. The van der Waals surface area contributed by atoms with Gasteiger partial charge in [0.05, 0.1) is 37.9 Å². The molecule has 1 unspecified atom stereocenters. The Morgan fingerprint density at radius 3 is 2.27 bits per heavy atom. The minimum atomic E-state index is -1.15. The van der Waals surface area contributed by atoms with Crippen molar-refractivity contribution >= 4 is 21.7 Å². The molecule has 5 rings (SSSR count). The molecule has 3 aliphatic rings. The number of hydrogen-bond donors (Lipinski definition) is 0. The molecule has 30 heavy (non-hydrogen) atoms. The smallest absolute Gasteiger partial charge is 0.234 e. The molecule has 1 saturated heterocycles. The Bertz CT molecular complexity index is 1170. The van der Waals surface area contributed by atoms with Crippen molar-refractivity contribution in [2.24, 2.45) is 0 Å². The van der Waals surface area contributed by atoms with Gasteiger partial charge < -0.3 is 0 Å². The normalized spacial score (nSPS) is 29.5. The van der Waals surface area contributed by atoms with Gasteiger partial charge in [0.2, 0.25) is 5.70 Å². The maximum Gasteiger partial charge on any atom is 0.234 e. The van der Waals surface area contributed by atoms with Gasteiger partial charge in [-0.25, -0.2) is 0 Å². The number of pyridine rings is 1. The first-order valence-corrected chi connectivity index (χ1v) is 13.0. The lowest BCUT2D eigenvalue weighted by Crippen LogP contribution is -2.27. The number of hydrogen-bond acceptors (Lipinski definition) is 1. The standard InChI is InChI=1S/C26H34N3S/c1-9-21-15(3)25-24(23-13-11-12-14-27-23)26-16(4)22(10-2)18(6)29(26)30(19(7)20(30)8)28(25)17(21)5/h11-14,19-20H,9-10H2,1-8H3/q+1/t19-,20+. The van der Waals surface area contributed by atoms with E-state index in [-0.39, 0.29) is 0 Å². The first-order valence-electron chi connectivity index (χ1n) is 11.4. The lowest BCUT2D eigenvalue weighted by Gasteiger charge is -2.32. The predicted molar refractivity (Wildman–Crippen MR) is 129 cm³/mol. The largest absolute Gasteiger partial charge is 0.257 e. The monoisotopic (exact) mass is 420 g/mol. The van der Waals surface area contributed by atoms with Crippen molar-refractivity contribution in [3.8, 4) is 0 Å². The minimum absolute atomic E-state index is 0.686. The summed E-state index contributed by atoms with van der Waals surface area (Å²) in [7, 11) is -1.15. The highest BCUT2D eigenvalue weighted by atomic mass is 32.3. The molecule has 0 amide bonds. The Hall–Kier alpha value is -2.07. The van der Waals surface area contributed by atoms with Crippen LogP contribution < -0.4 is 0 Å². The molecule has 3 nitrogen and oxygen atoms in total. The van der Waals surface area contributed by atoms with Crippen LogP contribution in [0.3, 0.4) is 0 Å². The summed E-state index contributed by atoms with van der Waals surface area (Å²) in [6.07, 6.45) is 4.10. The van der Waals surface area contributed by atoms with Gasteiger partial charge in [-0.1, -0.05) is 19.9 Å². The van der Waals surface area contributed by atoms with E-state index in [0.717, 1.165) is 18.5 Å². The quantitative estimate of drug-likeness (QED) is 0.420. The maximum absolute atomic E-state index is 4.86. The molecule has 4 heteroatoms. The van der Waals surface area contributed by atoms with Crippen LogP contribution >= 0.6 is 10.4 Å². The summed E-state index contributed by atoms with van der Waals surface area (Å²) in [5.41, 5.74) is 14.2. The van der Waals surface area contributed by atoms with Crippen LogP contribution in [0.4, 0.5) is 0 Å². The summed E-state index contributed by atoms with van der Waals surface area (Å²) >= 11 is 0. The molecular formula is C26H34N3S+. The third-order valence-electron chi connectivity index (χ3n) is 7.87. The molecule has 1 fully saturated rings. The van der Waals surface area contributed by atoms with Crippen LogP contribution in [0.1, 0.15) is 76.2 Å². The molecule has 0 aliphatic carbocycles. The van der Waals surface area contributed by atoms with Crippen molar-refractivity contribution in [2.45, 2.75) is 78.7 Å². The zero-order valence-corrected chi connectivity index (χ0v) is 20.4. The van der Waals surface area contributed by atoms with Crippen LogP contribution in [0, 0.1) is 13.8 Å². The topological polar surface area (TPSA) is 20.8 Å². The number of rotatable bonds is 3. The molecule has 3 aliphatic heterocycles. The van der Waals surface area contributed by atoms with E-state index in [4.69, 9.17) is 4.98 Å². The molecule has 0 bridgehead atoms. The second kappa shape index (κ2) is 6.46. The molecule has 158 valence electrons. The number of fused-ring (bicyclic) bond motifs is 4. The third-order valence-corrected chi connectivity index (χ3v) is 12.6. The molecule has 0 saturated carbocycles. The SMILES string of the molecule is CCC1=C(C)C2=C(c3ccccn3)c3c(C)c(CC)c(C)n3S3([C@H](C)[C@@H]3C)[N+]2=C1C. The van der Waals surface area contributed by atoms with Gasteiger partial charge >= 0.3 is 0 Å². The number of nitrogens with zero attached hydrogens (tertiary/aromatic N) is 3. The summed E-state index contributed by atoms with van der Waals surface area (Å²) < 4.78 is 5.58. The van der Waals surface area contributed by atoms with Gasteiger partial charge in [-0.2, -0.15) is 0 Å². The average molecular weight is 421 g/mol. The highest BCUT2D eigenvalue weighted by molar-refractivity contribution is 8.34. The molecule has 5 heterocycles. The van der Waals surface area contributed by atoms with Crippen LogP contribution in [0.5, 0.6) is 0 Å². The van der Waals surface area contributed by atoms with E-state index < -0.39 is 10.4 Å². The lowest BCUT2D eigenvalue weighted by molar-refractivity contribution is -0.286. The highest BCUT2D eigenvalue weighted by Gasteiger charge is 2.71. The minimum Gasteiger partial charge on any atom is -0.257 e. The summed E-state index contributed by atoms with van der Waals surface area (Å²) in [4.78, 5) is 4.86. The summed E-state index contributed by atoms with van der Waals surface area (Å²) in [5.74, 6) is 0. The zero-order chi connectivity index (χ0) is 21.5. The Kier molecular flexibility index (Phi) is 4.28. The maximum atomic E-state index is 4.86. The summed E-state index contributed by atoms with van der Waals surface area (Å²) in [5, 5.41) is 1.37. The van der Waals surface area contributed by atoms with Crippen LogP contribution in [-0.4, -0.2) is 29.1 Å². The van der Waals surface area contributed by atoms with E-state index in [1.807, 2.05) is 12.3 Å². The highest BCUT2D eigenvalue weighted by Crippen LogP contribution is 2.80. The van der Waals surface area contributed by atoms with Crippen molar-refractivity contribution in [3.63, 3.8) is 0 Å². The fourth-order valence-corrected chi connectivity index (χ4v) is 11.4. The second-order valence-electron chi connectivity index (χ2n) is 9.01. The molecule has 1 spiro atoms. The van der Waals surface area contributed by atoms with Crippen LogP contribution in [0.15, 0.2) is 41.2 Å². The van der Waals surface area contributed by atoms with Gasteiger partial charge in [-0.15, -0.1) is 3.98 Å². The van der Waals surface area contributed by atoms with Crippen molar-refractivity contribution in [3.05, 3.63) is 69.4 Å². The van der Waals surface area contributed by atoms with Crippen molar-refractivity contribution < 1.29 is 3.98 Å². The average Bonchev–Trinajstić information content (AvgIpc) is 3.02. The fourth-order valence-electron chi connectivity index (χ4n) is 6.26. The predicted octanol–water partition coefficient (Wildman–Crippen LogP) is 6.32. The van der Waals surface area contributed by atoms with E-state index in [2.05, 4.69) is 75.5 Å². The van der Waals surface area contributed by atoms with E-state index in [1.165, 1.54) is 50.6 Å². The Labute approximate surface area is 182 Å². The molecule has 0 radical (unpaired) electrons. The Morgan fingerprint density at radius 1 is 1.03 bits per heavy atom.